The van der Waals surface area contributed by atoms with Crippen LogP contribution in [0.1, 0.15) is 23.0 Å². The molecule has 3 N–H and O–H groups in total. The summed E-state index contributed by atoms with van der Waals surface area (Å²) in [6, 6.07) is 7.96. The average molecular weight is 745 g/mol. The van der Waals surface area contributed by atoms with Crippen molar-refractivity contribution in [2.45, 2.75) is 26.5 Å². The van der Waals surface area contributed by atoms with Crippen LogP contribution in [0.5, 0.6) is 0 Å². The molecule has 1 amide bonds. The molecule has 1 saturated heterocycles. The number of carbonyl (C=O) groups is 1. The summed E-state index contributed by atoms with van der Waals surface area (Å²) in [5, 5.41) is 15.5. The minimum Gasteiger partial charge on any atom is -0.389 e. The molecular weight excluding hydrogens is 720 g/mol. The zero-order chi connectivity index (χ0) is 30.0. The first-order valence-corrected chi connectivity index (χ1v) is 14.2. The zero-order valence-corrected chi connectivity index (χ0v) is 25.8. The van der Waals surface area contributed by atoms with Crippen LogP contribution in [-0.2, 0) is 6.54 Å². The lowest BCUT2D eigenvalue weighted by Gasteiger charge is -2.36. The van der Waals surface area contributed by atoms with Crippen molar-refractivity contribution in [2.75, 3.05) is 30.8 Å². The first-order valence-electron chi connectivity index (χ1n) is 12.4. The van der Waals surface area contributed by atoms with Gasteiger partial charge in [0.05, 0.1) is 33.2 Å². The number of fused-ring (bicyclic) bond motifs is 1. The lowest BCUT2D eigenvalue weighted by molar-refractivity contribution is 0.00593. The number of aliphatic hydroxyl groups excluding tert-OH is 1. The Kier molecular flexibility index (Phi) is 9.54. The quantitative estimate of drug-likeness (QED) is 0.241. The third kappa shape index (κ3) is 6.48. The minimum atomic E-state index is -1.26. The van der Waals surface area contributed by atoms with Gasteiger partial charge in [-0.25, -0.2) is 18.2 Å². The number of nitrogens with zero attached hydrogens (tertiary/aromatic N) is 4. The molecule has 0 aliphatic carbocycles. The number of pyridine rings is 1. The van der Waals surface area contributed by atoms with Crippen LogP contribution in [0.25, 0.3) is 11.0 Å². The molecular formula is C27H25BrF3IN6O3. The molecule has 216 valence electrons. The minimum absolute atomic E-state index is 0.0693. The van der Waals surface area contributed by atoms with Crippen molar-refractivity contribution in [3.05, 3.63) is 83.5 Å². The van der Waals surface area contributed by atoms with Crippen LogP contribution < -0.4 is 16.2 Å². The van der Waals surface area contributed by atoms with Crippen molar-refractivity contribution in [3.63, 3.8) is 0 Å². The van der Waals surface area contributed by atoms with Crippen LogP contribution in [0.3, 0.4) is 0 Å². The van der Waals surface area contributed by atoms with E-state index in [0.29, 0.717) is 26.2 Å². The van der Waals surface area contributed by atoms with Crippen molar-refractivity contribution in [3.8, 4) is 0 Å². The molecule has 5 rings (SSSR count). The van der Waals surface area contributed by atoms with Gasteiger partial charge in [-0.15, -0.1) is 0 Å². The molecule has 41 heavy (non-hydrogen) atoms. The van der Waals surface area contributed by atoms with E-state index in [1.165, 1.54) is 17.0 Å². The number of β-amino-alcohol motifs (C(OH)–C–C–N with tert-alkyl or cyclic N) is 1. The number of amides is 1. The Labute approximate surface area is 255 Å². The molecule has 1 fully saturated rings. The maximum absolute atomic E-state index is 14.2. The van der Waals surface area contributed by atoms with E-state index < -0.39 is 35.2 Å². The summed E-state index contributed by atoms with van der Waals surface area (Å²) in [7, 11) is 1.76. The van der Waals surface area contributed by atoms with Gasteiger partial charge < -0.3 is 20.6 Å². The molecule has 3 heterocycles. The maximum atomic E-state index is 14.2. The molecule has 1 aliphatic rings. The summed E-state index contributed by atoms with van der Waals surface area (Å²) < 4.78 is 44.6. The molecule has 1 aliphatic heterocycles. The number of halogens is 5. The van der Waals surface area contributed by atoms with E-state index >= 15 is 0 Å². The van der Waals surface area contributed by atoms with Crippen LogP contribution in [0.15, 0.2) is 45.7 Å². The van der Waals surface area contributed by atoms with Gasteiger partial charge in [-0.1, -0.05) is 0 Å². The average Bonchev–Trinajstić information content (AvgIpc) is 2.92. The summed E-state index contributed by atoms with van der Waals surface area (Å²) >= 11 is 5.19. The molecule has 0 saturated carbocycles. The molecule has 2 aromatic carbocycles. The Balaban J connectivity index is 0.000000201. The molecule has 4 aromatic rings. The van der Waals surface area contributed by atoms with Gasteiger partial charge in [-0.05, 0) is 88.8 Å². The van der Waals surface area contributed by atoms with Crippen molar-refractivity contribution in [1.82, 2.24) is 19.4 Å². The van der Waals surface area contributed by atoms with Gasteiger partial charge in [-0.3, -0.25) is 14.2 Å². The van der Waals surface area contributed by atoms with Gasteiger partial charge >= 0.3 is 0 Å². The SMILES string of the molecule is CCn1c(=O)c(Br)cc2c(C)nc(NC)nc21.O=C(c1ccc(F)c(F)c1Nc1ccc(I)cc1F)N1CC(O)C1. The maximum Gasteiger partial charge on any atom is 0.266 e. The third-order valence-electron chi connectivity index (χ3n) is 6.30. The van der Waals surface area contributed by atoms with Gasteiger partial charge in [-0.2, -0.15) is 4.98 Å². The van der Waals surface area contributed by atoms with E-state index in [1.807, 2.05) is 36.4 Å². The van der Waals surface area contributed by atoms with Crippen LogP contribution in [0.2, 0.25) is 0 Å². The van der Waals surface area contributed by atoms with Crippen LogP contribution in [-0.4, -0.2) is 56.7 Å². The van der Waals surface area contributed by atoms with E-state index in [2.05, 4.69) is 36.5 Å². The number of aliphatic hydroxyl groups is 1. The van der Waals surface area contributed by atoms with E-state index in [1.54, 1.807) is 23.7 Å². The predicted octanol–water partition coefficient (Wildman–Crippen LogP) is 5.19. The Morgan fingerprint density at radius 2 is 1.85 bits per heavy atom. The summed E-state index contributed by atoms with van der Waals surface area (Å²) in [4.78, 5) is 34.3. The predicted molar refractivity (Wildman–Crippen MR) is 162 cm³/mol. The zero-order valence-electron chi connectivity index (χ0n) is 22.1. The topological polar surface area (TPSA) is 112 Å². The van der Waals surface area contributed by atoms with Crippen LogP contribution in [0.4, 0.5) is 30.5 Å². The van der Waals surface area contributed by atoms with E-state index in [-0.39, 0.29) is 29.9 Å². The number of aryl methyl sites for hydroxylation is 2. The third-order valence-corrected chi connectivity index (χ3v) is 7.54. The molecule has 0 bridgehead atoms. The number of hydrogen-bond acceptors (Lipinski definition) is 7. The van der Waals surface area contributed by atoms with Crippen molar-refractivity contribution >= 4 is 72.8 Å². The van der Waals surface area contributed by atoms with Crippen molar-refractivity contribution in [1.29, 1.82) is 0 Å². The van der Waals surface area contributed by atoms with Crippen LogP contribution >= 0.6 is 38.5 Å². The lowest BCUT2D eigenvalue weighted by Crippen LogP contribution is -2.53. The Morgan fingerprint density at radius 3 is 2.46 bits per heavy atom. The molecule has 0 unspecified atom stereocenters. The highest BCUT2D eigenvalue weighted by molar-refractivity contribution is 14.1. The fraction of sp³-hybridized carbons (Fsp3) is 0.259. The number of carbonyl (C=O) groups excluding carboxylic acids is 1. The fourth-order valence-electron chi connectivity index (χ4n) is 4.13. The first kappa shape index (κ1) is 30.7. The second-order valence-corrected chi connectivity index (χ2v) is 11.2. The Morgan fingerprint density at radius 1 is 1.15 bits per heavy atom. The number of nitrogens with one attached hydrogen (secondary N) is 2. The van der Waals surface area contributed by atoms with Gasteiger partial charge in [0.2, 0.25) is 5.95 Å². The number of rotatable bonds is 5. The highest BCUT2D eigenvalue weighted by Gasteiger charge is 2.32. The second-order valence-electron chi connectivity index (χ2n) is 9.06. The normalized spacial score (nSPS) is 13.0. The van der Waals surface area contributed by atoms with E-state index in [4.69, 9.17) is 0 Å². The highest BCUT2D eigenvalue weighted by Crippen LogP contribution is 2.30. The van der Waals surface area contributed by atoms with Gasteiger partial charge in [0, 0.05) is 35.6 Å². The largest absolute Gasteiger partial charge is 0.389 e. The second kappa shape index (κ2) is 12.7. The summed E-state index contributed by atoms with van der Waals surface area (Å²) in [5.74, 6) is -3.10. The Bertz CT molecular complexity index is 1700. The summed E-state index contributed by atoms with van der Waals surface area (Å²) in [6.45, 7) is 4.64. The molecule has 0 radical (unpaired) electrons. The van der Waals surface area contributed by atoms with Gasteiger partial charge in [0.1, 0.15) is 11.5 Å². The number of anilines is 3. The number of likely N-dealkylation sites (tertiary alicyclic amines) is 1. The van der Waals surface area contributed by atoms with Crippen molar-refractivity contribution in [2.24, 2.45) is 0 Å². The van der Waals surface area contributed by atoms with Gasteiger partial charge in [0.15, 0.2) is 11.6 Å². The first-order chi connectivity index (χ1) is 19.4. The number of benzene rings is 2. The Hall–Kier alpha value is -3.24. The summed E-state index contributed by atoms with van der Waals surface area (Å²) in [6.07, 6.45) is -0.621. The molecule has 2 aromatic heterocycles. The van der Waals surface area contributed by atoms with Gasteiger partial charge in [0.25, 0.3) is 11.5 Å². The summed E-state index contributed by atoms with van der Waals surface area (Å²) in [5.41, 5.74) is 0.817. The molecule has 0 atom stereocenters. The molecule has 14 heteroatoms. The lowest BCUT2D eigenvalue weighted by atomic mass is 10.1. The van der Waals surface area contributed by atoms with Crippen molar-refractivity contribution < 1.29 is 23.1 Å². The number of hydrogen-bond donors (Lipinski definition) is 3. The molecule has 0 spiro atoms. The van der Waals surface area contributed by atoms with E-state index in [0.717, 1.165) is 23.2 Å². The van der Waals surface area contributed by atoms with Crippen LogP contribution in [0, 0.1) is 27.9 Å². The fourth-order valence-corrected chi connectivity index (χ4v) is 5.02. The standard InChI is InChI=1S/C16H12F3IN2O2.C11H13BrN4O/c17-11-3-2-10(16(24)22-6-9(23)7-22)15(14(11)19)21-13-4-1-8(20)5-12(13)18;1-4-16-9-7(5-8(12)10(16)17)6(2)14-11(13-3)15-9/h1-5,9,21,23H,6-7H2;5H,4H2,1-3H3,(H,13,14,15). The smallest absolute Gasteiger partial charge is 0.266 e. The molecule has 9 nitrogen and oxygen atoms in total. The number of aromatic nitrogens is 3. The highest BCUT2D eigenvalue weighted by atomic mass is 127. The monoisotopic (exact) mass is 744 g/mol. The van der Waals surface area contributed by atoms with E-state index in [9.17, 15) is 27.9 Å².